The van der Waals surface area contributed by atoms with Gasteiger partial charge < -0.3 is 11.1 Å². The molecule has 1 atom stereocenters. The molecule has 2 aromatic rings. The molecule has 0 radical (unpaired) electrons. The first-order chi connectivity index (χ1) is 7.61. The Morgan fingerprint density at radius 2 is 2.12 bits per heavy atom. The van der Waals surface area contributed by atoms with E-state index in [1.165, 1.54) is 0 Å². The summed E-state index contributed by atoms with van der Waals surface area (Å²) in [7, 11) is 1.90. The van der Waals surface area contributed by atoms with Crippen molar-refractivity contribution >= 4 is 32.8 Å². The van der Waals surface area contributed by atoms with Crippen molar-refractivity contribution in [1.82, 2.24) is 15.3 Å². The van der Waals surface area contributed by atoms with E-state index in [-0.39, 0.29) is 6.04 Å². The van der Waals surface area contributed by atoms with Crippen molar-refractivity contribution in [3.63, 3.8) is 0 Å². The van der Waals surface area contributed by atoms with Gasteiger partial charge in [-0.3, -0.25) is 0 Å². The number of nitrogens with two attached hydrogens (primary N) is 1. The van der Waals surface area contributed by atoms with Gasteiger partial charge in [0.15, 0.2) is 0 Å². The van der Waals surface area contributed by atoms with E-state index in [1.54, 1.807) is 0 Å². The first kappa shape index (κ1) is 11.3. The Bertz CT molecular complexity index is 521. The Kier molecular flexibility index (Phi) is 3.07. The van der Waals surface area contributed by atoms with Crippen LogP contribution in [0, 0.1) is 0 Å². The van der Waals surface area contributed by atoms with Crippen LogP contribution in [-0.4, -0.2) is 17.0 Å². The smallest absolute Gasteiger partial charge is 0.220 e. The fourth-order valence-electron chi connectivity index (χ4n) is 1.61. The van der Waals surface area contributed by atoms with Crippen LogP contribution >= 0.6 is 15.9 Å². The molecule has 1 aromatic heterocycles. The van der Waals surface area contributed by atoms with E-state index in [9.17, 15) is 0 Å². The highest BCUT2D eigenvalue weighted by atomic mass is 79.9. The average molecular weight is 281 g/mol. The standard InChI is InChI=1S/C11H13BrN4/c1-6(14-2)10-8-4-3-7(12)5-9(8)15-11(13)16-10/h3-6,14H,1-2H3,(H2,13,15,16). The summed E-state index contributed by atoms with van der Waals surface area (Å²) in [5.41, 5.74) is 7.49. The zero-order valence-corrected chi connectivity index (χ0v) is 10.7. The third-order valence-electron chi connectivity index (χ3n) is 2.55. The van der Waals surface area contributed by atoms with Crippen LogP contribution in [0.25, 0.3) is 10.9 Å². The number of hydrogen-bond donors (Lipinski definition) is 2. The molecule has 1 heterocycles. The van der Waals surface area contributed by atoms with Gasteiger partial charge in [0, 0.05) is 15.9 Å². The van der Waals surface area contributed by atoms with Crippen molar-refractivity contribution in [1.29, 1.82) is 0 Å². The van der Waals surface area contributed by atoms with Gasteiger partial charge in [0.25, 0.3) is 0 Å². The molecule has 84 valence electrons. The molecule has 1 aromatic carbocycles. The number of anilines is 1. The summed E-state index contributed by atoms with van der Waals surface area (Å²) < 4.78 is 0.987. The van der Waals surface area contributed by atoms with Crippen LogP contribution in [0.1, 0.15) is 18.7 Å². The average Bonchev–Trinajstić information content (AvgIpc) is 2.26. The second-order valence-electron chi connectivity index (χ2n) is 3.64. The van der Waals surface area contributed by atoms with E-state index in [1.807, 2.05) is 32.2 Å². The Morgan fingerprint density at radius 1 is 1.38 bits per heavy atom. The summed E-state index contributed by atoms with van der Waals surface area (Å²) in [6.45, 7) is 2.04. The maximum Gasteiger partial charge on any atom is 0.220 e. The van der Waals surface area contributed by atoms with E-state index in [4.69, 9.17) is 5.73 Å². The summed E-state index contributed by atoms with van der Waals surface area (Å²) in [6.07, 6.45) is 0. The maximum atomic E-state index is 5.70. The van der Waals surface area contributed by atoms with Gasteiger partial charge in [-0.1, -0.05) is 15.9 Å². The molecule has 0 saturated heterocycles. The van der Waals surface area contributed by atoms with Crippen molar-refractivity contribution in [3.05, 3.63) is 28.4 Å². The Hall–Kier alpha value is -1.20. The minimum absolute atomic E-state index is 0.147. The summed E-state index contributed by atoms with van der Waals surface area (Å²) in [6, 6.07) is 6.07. The van der Waals surface area contributed by atoms with E-state index in [0.29, 0.717) is 5.95 Å². The van der Waals surface area contributed by atoms with E-state index in [2.05, 4.69) is 31.2 Å². The van der Waals surface area contributed by atoms with Crippen LogP contribution in [0.3, 0.4) is 0 Å². The predicted octanol–water partition coefficient (Wildman–Crippen LogP) is 2.25. The van der Waals surface area contributed by atoms with Gasteiger partial charge >= 0.3 is 0 Å². The molecule has 1 unspecified atom stereocenters. The second kappa shape index (κ2) is 4.35. The predicted molar refractivity (Wildman–Crippen MR) is 69.1 cm³/mol. The summed E-state index contributed by atoms with van der Waals surface area (Å²) in [5.74, 6) is 0.308. The van der Waals surface area contributed by atoms with Crippen LogP contribution in [0.15, 0.2) is 22.7 Å². The van der Waals surface area contributed by atoms with Crippen molar-refractivity contribution in [2.45, 2.75) is 13.0 Å². The first-order valence-corrected chi connectivity index (χ1v) is 5.81. The third-order valence-corrected chi connectivity index (χ3v) is 3.04. The molecule has 0 aliphatic rings. The molecule has 3 N–H and O–H groups in total. The van der Waals surface area contributed by atoms with Gasteiger partial charge in [0.2, 0.25) is 5.95 Å². The van der Waals surface area contributed by atoms with Gasteiger partial charge in [-0.25, -0.2) is 9.97 Å². The molecule has 4 nitrogen and oxygen atoms in total. The number of hydrogen-bond acceptors (Lipinski definition) is 4. The SMILES string of the molecule is CNC(C)c1nc(N)nc2cc(Br)ccc12. The summed E-state index contributed by atoms with van der Waals surface area (Å²) >= 11 is 3.42. The molecular formula is C11H13BrN4. The monoisotopic (exact) mass is 280 g/mol. The maximum absolute atomic E-state index is 5.70. The Morgan fingerprint density at radius 3 is 2.81 bits per heavy atom. The topological polar surface area (TPSA) is 63.8 Å². The number of halogens is 1. The lowest BCUT2D eigenvalue weighted by Crippen LogP contribution is -2.15. The molecule has 0 aliphatic heterocycles. The van der Waals surface area contributed by atoms with Gasteiger partial charge in [-0.2, -0.15) is 0 Å². The number of nitrogen functional groups attached to an aromatic ring is 1. The van der Waals surface area contributed by atoms with Gasteiger partial charge in [-0.15, -0.1) is 0 Å². The minimum atomic E-state index is 0.147. The molecule has 0 spiro atoms. The molecule has 5 heteroatoms. The quantitative estimate of drug-likeness (QED) is 0.886. The number of rotatable bonds is 2. The molecule has 0 aliphatic carbocycles. The van der Waals surface area contributed by atoms with E-state index in [0.717, 1.165) is 21.1 Å². The molecule has 0 amide bonds. The lowest BCUT2D eigenvalue weighted by Gasteiger charge is -2.13. The first-order valence-electron chi connectivity index (χ1n) is 5.01. The molecular weight excluding hydrogens is 268 g/mol. The van der Waals surface area contributed by atoms with Crippen molar-refractivity contribution in [2.24, 2.45) is 0 Å². The minimum Gasteiger partial charge on any atom is -0.368 e. The van der Waals surface area contributed by atoms with Crippen molar-refractivity contribution in [2.75, 3.05) is 12.8 Å². The molecule has 0 fully saturated rings. The lowest BCUT2D eigenvalue weighted by atomic mass is 10.1. The van der Waals surface area contributed by atoms with Crippen LogP contribution in [0.5, 0.6) is 0 Å². The number of fused-ring (bicyclic) bond motifs is 1. The molecule has 0 saturated carbocycles. The zero-order valence-electron chi connectivity index (χ0n) is 9.16. The molecule has 0 bridgehead atoms. The molecule has 2 rings (SSSR count). The fraction of sp³-hybridized carbons (Fsp3) is 0.273. The van der Waals surface area contributed by atoms with Gasteiger partial charge in [0.05, 0.1) is 11.2 Å². The number of nitrogens with one attached hydrogen (secondary N) is 1. The van der Waals surface area contributed by atoms with Crippen molar-refractivity contribution in [3.8, 4) is 0 Å². The zero-order chi connectivity index (χ0) is 11.7. The number of nitrogens with zero attached hydrogens (tertiary/aromatic N) is 2. The van der Waals surface area contributed by atoms with Crippen LogP contribution in [0.4, 0.5) is 5.95 Å². The summed E-state index contributed by atoms with van der Waals surface area (Å²) in [4.78, 5) is 8.51. The van der Waals surface area contributed by atoms with E-state index >= 15 is 0 Å². The highest BCUT2D eigenvalue weighted by Gasteiger charge is 2.11. The highest BCUT2D eigenvalue weighted by molar-refractivity contribution is 9.10. The summed E-state index contributed by atoms with van der Waals surface area (Å²) in [5, 5.41) is 4.18. The van der Waals surface area contributed by atoms with Gasteiger partial charge in [-0.05, 0) is 32.2 Å². The largest absolute Gasteiger partial charge is 0.368 e. The van der Waals surface area contributed by atoms with Gasteiger partial charge in [0.1, 0.15) is 0 Å². The number of aromatic nitrogens is 2. The lowest BCUT2D eigenvalue weighted by molar-refractivity contribution is 0.638. The third kappa shape index (κ3) is 2.01. The molecule has 16 heavy (non-hydrogen) atoms. The van der Waals surface area contributed by atoms with Crippen molar-refractivity contribution < 1.29 is 0 Å². The highest BCUT2D eigenvalue weighted by Crippen LogP contribution is 2.24. The number of benzene rings is 1. The van der Waals surface area contributed by atoms with E-state index < -0.39 is 0 Å². The Balaban J connectivity index is 2.72. The van der Waals surface area contributed by atoms with Crippen LogP contribution in [0.2, 0.25) is 0 Å². The van der Waals surface area contributed by atoms with Crippen LogP contribution < -0.4 is 11.1 Å². The fourth-order valence-corrected chi connectivity index (χ4v) is 1.96. The Labute approximate surface area is 102 Å². The second-order valence-corrected chi connectivity index (χ2v) is 4.55. The normalized spacial score (nSPS) is 12.9. The van der Waals surface area contributed by atoms with Crippen LogP contribution in [-0.2, 0) is 0 Å².